The molecule has 170 valence electrons. The molecule has 3 fully saturated rings. The number of allylic oxidation sites excluding steroid dienone is 1. The van der Waals surface area contributed by atoms with Gasteiger partial charge in [-0.25, -0.2) is 14.8 Å². The topological polar surface area (TPSA) is 52.1 Å². The van der Waals surface area contributed by atoms with E-state index >= 15 is 0 Å². The van der Waals surface area contributed by atoms with Crippen molar-refractivity contribution in [2.45, 2.75) is 89.9 Å². The van der Waals surface area contributed by atoms with Gasteiger partial charge in [0.2, 0.25) is 0 Å². The number of fused-ring (bicyclic) bond motifs is 3. The van der Waals surface area contributed by atoms with Crippen LogP contribution in [-0.2, 0) is 10.2 Å². The summed E-state index contributed by atoms with van der Waals surface area (Å²) in [6, 6.07) is 8.87. The SMILES string of the molecule is CCC=CC(=O)Oc1cnc(-c2ccc(C34CCC(CCCCC)(CC3)CC4)cc2)nc1. The number of carbonyl (C=O) groups is 1. The minimum Gasteiger partial charge on any atom is -0.420 e. The van der Waals surface area contributed by atoms with Gasteiger partial charge in [0.25, 0.3) is 0 Å². The molecule has 4 nitrogen and oxygen atoms in total. The molecule has 2 bridgehead atoms. The zero-order chi connectivity index (χ0) is 22.4. The van der Waals surface area contributed by atoms with E-state index in [0.29, 0.717) is 22.4 Å². The van der Waals surface area contributed by atoms with Crippen LogP contribution in [0.4, 0.5) is 0 Å². The van der Waals surface area contributed by atoms with E-state index in [1.807, 2.05) is 6.92 Å². The van der Waals surface area contributed by atoms with E-state index in [9.17, 15) is 4.79 Å². The lowest BCUT2D eigenvalue weighted by atomic mass is 9.51. The first kappa shape index (κ1) is 22.7. The number of ether oxygens (including phenoxy) is 1. The van der Waals surface area contributed by atoms with Crippen LogP contribution >= 0.6 is 0 Å². The fourth-order valence-electron chi connectivity index (χ4n) is 5.68. The van der Waals surface area contributed by atoms with Crippen LogP contribution < -0.4 is 4.74 Å². The van der Waals surface area contributed by atoms with Crippen LogP contribution in [0.5, 0.6) is 5.75 Å². The minimum atomic E-state index is -0.402. The highest BCUT2D eigenvalue weighted by molar-refractivity contribution is 5.83. The van der Waals surface area contributed by atoms with E-state index < -0.39 is 5.97 Å². The summed E-state index contributed by atoms with van der Waals surface area (Å²) in [5, 5.41) is 0. The van der Waals surface area contributed by atoms with Crippen molar-refractivity contribution in [3.63, 3.8) is 0 Å². The highest BCUT2D eigenvalue weighted by atomic mass is 16.5. The zero-order valence-corrected chi connectivity index (χ0v) is 19.6. The van der Waals surface area contributed by atoms with Crippen molar-refractivity contribution >= 4 is 5.97 Å². The number of hydrogen-bond donors (Lipinski definition) is 0. The monoisotopic (exact) mass is 432 g/mol. The van der Waals surface area contributed by atoms with Crippen LogP contribution in [0.2, 0.25) is 0 Å². The van der Waals surface area contributed by atoms with Crippen molar-refractivity contribution in [1.29, 1.82) is 0 Å². The van der Waals surface area contributed by atoms with Gasteiger partial charge in [0.15, 0.2) is 11.6 Å². The van der Waals surface area contributed by atoms with E-state index in [1.165, 1.54) is 75.8 Å². The molecule has 0 aliphatic heterocycles. The normalized spacial score (nSPS) is 24.7. The number of nitrogens with zero attached hydrogens (tertiary/aromatic N) is 2. The van der Waals surface area contributed by atoms with Crippen molar-refractivity contribution in [3.8, 4) is 17.1 Å². The average Bonchev–Trinajstić information content (AvgIpc) is 2.85. The standard InChI is InChI=1S/C28H36N2O2/c1-3-5-7-13-27-14-17-28(18-15-27,19-16-27)23-11-9-22(10-12-23)26-29-20-24(21-30-26)32-25(31)8-6-4-2/h6,8-12,20-21H,3-5,7,13-19H2,1-2H3. The smallest absolute Gasteiger partial charge is 0.335 e. The van der Waals surface area contributed by atoms with Gasteiger partial charge in [-0.05, 0) is 67.8 Å². The maximum Gasteiger partial charge on any atom is 0.335 e. The van der Waals surface area contributed by atoms with Gasteiger partial charge < -0.3 is 4.74 Å². The second-order valence-electron chi connectivity index (χ2n) is 9.79. The third-order valence-electron chi connectivity index (χ3n) is 7.80. The number of carbonyl (C=O) groups excluding carboxylic acids is 1. The molecular weight excluding hydrogens is 396 g/mol. The molecule has 0 spiro atoms. The van der Waals surface area contributed by atoms with Gasteiger partial charge in [0.1, 0.15) is 0 Å². The molecular formula is C28H36N2O2. The highest BCUT2D eigenvalue weighted by Crippen LogP contribution is 2.59. The molecule has 1 aromatic heterocycles. The second kappa shape index (κ2) is 9.97. The lowest BCUT2D eigenvalue weighted by molar-refractivity contribution is -0.129. The number of rotatable bonds is 9. The van der Waals surface area contributed by atoms with E-state index in [2.05, 4.69) is 41.2 Å². The van der Waals surface area contributed by atoms with Gasteiger partial charge in [-0.3, -0.25) is 0 Å². The molecule has 3 saturated carbocycles. The van der Waals surface area contributed by atoms with Crippen molar-refractivity contribution in [2.24, 2.45) is 5.41 Å². The Morgan fingerprint density at radius 2 is 1.62 bits per heavy atom. The number of benzene rings is 1. The van der Waals surface area contributed by atoms with Crippen LogP contribution in [0, 0.1) is 5.41 Å². The van der Waals surface area contributed by atoms with Gasteiger partial charge in [0, 0.05) is 11.6 Å². The molecule has 0 unspecified atom stereocenters. The maximum atomic E-state index is 11.7. The van der Waals surface area contributed by atoms with Gasteiger partial charge in [-0.1, -0.05) is 63.5 Å². The predicted octanol–water partition coefficient (Wildman–Crippen LogP) is 7.19. The van der Waals surface area contributed by atoms with E-state index in [-0.39, 0.29) is 0 Å². The Bertz CT molecular complexity index is 906. The summed E-state index contributed by atoms with van der Waals surface area (Å²) >= 11 is 0. The third-order valence-corrected chi connectivity index (χ3v) is 7.80. The first-order chi connectivity index (χ1) is 15.6. The second-order valence-corrected chi connectivity index (χ2v) is 9.79. The molecule has 0 radical (unpaired) electrons. The van der Waals surface area contributed by atoms with Gasteiger partial charge in [0.05, 0.1) is 12.4 Å². The Kier molecular flexibility index (Phi) is 7.07. The summed E-state index contributed by atoms with van der Waals surface area (Å²) in [4.78, 5) is 20.5. The van der Waals surface area contributed by atoms with E-state index in [1.54, 1.807) is 18.5 Å². The van der Waals surface area contributed by atoms with Crippen molar-refractivity contribution in [3.05, 3.63) is 54.4 Å². The van der Waals surface area contributed by atoms with Crippen molar-refractivity contribution < 1.29 is 9.53 Å². The fourth-order valence-corrected chi connectivity index (χ4v) is 5.68. The van der Waals surface area contributed by atoms with E-state index in [4.69, 9.17) is 4.74 Å². The molecule has 0 amide bonds. The first-order valence-corrected chi connectivity index (χ1v) is 12.4. The Morgan fingerprint density at radius 3 is 2.22 bits per heavy atom. The molecule has 3 aliphatic carbocycles. The average molecular weight is 433 g/mol. The van der Waals surface area contributed by atoms with Crippen LogP contribution in [0.1, 0.15) is 90.0 Å². The lowest BCUT2D eigenvalue weighted by Gasteiger charge is -2.54. The number of aromatic nitrogens is 2. The molecule has 1 heterocycles. The number of hydrogen-bond acceptors (Lipinski definition) is 4. The number of unbranched alkanes of at least 4 members (excludes halogenated alkanes) is 2. The summed E-state index contributed by atoms with van der Waals surface area (Å²) in [5.41, 5.74) is 3.49. The van der Waals surface area contributed by atoms with Gasteiger partial charge >= 0.3 is 5.97 Å². The summed E-state index contributed by atoms with van der Waals surface area (Å²) in [6.07, 6.45) is 20.9. The third kappa shape index (κ3) is 4.95. The largest absolute Gasteiger partial charge is 0.420 e. The molecule has 0 saturated heterocycles. The first-order valence-electron chi connectivity index (χ1n) is 12.4. The Labute approximate surface area is 192 Å². The Morgan fingerprint density at radius 1 is 0.969 bits per heavy atom. The van der Waals surface area contributed by atoms with Crippen LogP contribution in [0.25, 0.3) is 11.4 Å². The zero-order valence-electron chi connectivity index (χ0n) is 19.6. The van der Waals surface area contributed by atoms with Crippen molar-refractivity contribution in [2.75, 3.05) is 0 Å². The Hall–Kier alpha value is -2.49. The van der Waals surface area contributed by atoms with Crippen LogP contribution in [-0.4, -0.2) is 15.9 Å². The summed E-state index contributed by atoms with van der Waals surface area (Å²) < 4.78 is 5.23. The molecule has 3 aliphatic rings. The van der Waals surface area contributed by atoms with Gasteiger partial charge in [-0.15, -0.1) is 0 Å². The molecule has 4 heteroatoms. The lowest BCUT2D eigenvalue weighted by Crippen LogP contribution is -2.44. The van der Waals surface area contributed by atoms with E-state index in [0.717, 1.165) is 12.0 Å². The maximum absolute atomic E-state index is 11.7. The van der Waals surface area contributed by atoms with Crippen LogP contribution in [0.15, 0.2) is 48.8 Å². The number of esters is 1. The summed E-state index contributed by atoms with van der Waals surface area (Å²) in [7, 11) is 0. The molecule has 32 heavy (non-hydrogen) atoms. The highest BCUT2D eigenvalue weighted by Gasteiger charge is 2.48. The predicted molar refractivity (Wildman–Crippen MR) is 128 cm³/mol. The summed E-state index contributed by atoms with van der Waals surface area (Å²) in [6.45, 7) is 4.27. The Balaban J connectivity index is 1.39. The molecule has 2 aromatic rings. The van der Waals surface area contributed by atoms with Gasteiger partial charge in [-0.2, -0.15) is 0 Å². The quantitative estimate of drug-likeness (QED) is 0.239. The molecule has 0 N–H and O–H groups in total. The summed E-state index contributed by atoms with van der Waals surface area (Å²) in [5.74, 6) is 0.614. The van der Waals surface area contributed by atoms with Crippen molar-refractivity contribution in [1.82, 2.24) is 9.97 Å². The molecule has 0 atom stereocenters. The molecule has 5 rings (SSSR count). The molecule has 1 aromatic carbocycles. The fraction of sp³-hybridized carbons (Fsp3) is 0.536. The minimum absolute atomic E-state index is 0.363. The van der Waals surface area contributed by atoms with Crippen LogP contribution in [0.3, 0.4) is 0 Å².